The molecule has 0 saturated carbocycles. The van der Waals surface area contributed by atoms with Crippen molar-refractivity contribution in [2.45, 2.75) is 33.1 Å². The van der Waals surface area contributed by atoms with Crippen LogP contribution in [0, 0.1) is 5.92 Å². The van der Waals surface area contributed by atoms with Gasteiger partial charge in [0.05, 0.1) is 13.0 Å². The molecule has 1 rings (SSSR count). The minimum atomic E-state index is 0. The average molecular weight is 315 g/mol. The third kappa shape index (κ3) is 9.32. The molecule has 0 aliphatic heterocycles. The summed E-state index contributed by atoms with van der Waals surface area (Å²) in [7, 11) is 0. The molecule has 0 saturated heterocycles. The summed E-state index contributed by atoms with van der Waals surface area (Å²) >= 11 is 0. The second-order valence-electron chi connectivity index (χ2n) is 5.37. The van der Waals surface area contributed by atoms with E-state index in [1.807, 2.05) is 24.3 Å². The van der Waals surface area contributed by atoms with Crippen LogP contribution in [0.1, 0.15) is 32.3 Å². The molecule has 120 valence electrons. The molecule has 4 nitrogen and oxygen atoms in total. The fourth-order valence-electron chi connectivity index (χ4n) is 1.71. The smallest absolute Gasteiger partial charge is 0.224 e. The first-order valence-electron chi connectivity index (χ1n) is 7.30. The van der Waals surface area contributed by atoms with Crippen molar-refractivity contribution in [2.75, 3.05) is 19.7 Å². The molecule has 0 aromatic heterocycles. The lowest BCUT2D eigenvalue weighted by Crippen LogP contribution is -2.26. The minimum absolute atomic E-state index is 0. The van der Waals surface area contributed by atoms with Crippen molar-refractivity contribution in [3.8, 4) is 5.75 Å². The van der Waals surface area contributed by atoms with Gasteiger partial charge in [0.2, 0.25) is 5.91 Å². The van der Waals surface area contributed by atoms with Gasteiger partial charge in [0.15, 0.2) is 0 Å². The first-order chi connectivity index (χ1) is 9.61. The summed E-state index contributed by atoms with van der Waals surface area (Å²) in [5, 5.41) is 2.89. The highest BCUT2D eigenvalue weighted by molar-refractivity contribution is 5.85. The number of nitrogens with one attached hydrogen (secondary N) is 1. The number of nitrogens with two attached hydrogens (primary N) is 1. The monoisotopic (exact) mass is 314 g/mol. The van der Waals surface area contributed by atoms with Crippen LogP contribution >= 0.6 is 12.4 Å². The fraction of sp³-hybridized carbons (Fsp3) is 0.562. The van der Waals surface area contributed by atoms with Gasteiger partial charge in [-0.05, 0) is 43.0 Å². The Morgan fingerprint density at radius 1 is 1.24 bits per heavy atom. The van der Waals surface area contributed by atoms with Crippen LogP contribution in [0.5, 0.6) is 5.75 Å². The Morgan fingerprint density at radius 3 is 2.48 bits per heavy atom. The zero-order valence-corrected chi connectivity index (χ0v) is 13.7. The second-order valence-corrected chi connectivity index (χ2v) is 5.37. The topological polar surface area (TPSA) is 64.3 Å². The number of rotatable bonds is 9. The van der Waals surface area contributed by atoms with Crippen molar-refractivity contribution >= 4 is 18.3 Å². The summed E-state index contributed by atoms with van der Waals surface area (Å²) in [4.78, 5) is 11.7. The van der Waals surface area contributed by atoms with Crippen LogP contribution in [0.3, 0.4) is 0 Å². The molecule has 5 heteroatoms. The maximum absolute atomic E-state index is 11.7. The third-order valence-corrected chi connectivity index (χ3v) is 2.82. The zero-order chi connectivity index (χ0) is 14.8. The van der Waals surface area contributed by atoms with Crippen molar-refractivity contribution in [1.82, 2.24) is 5.32 Å². The van der Waals surface area contributed by atoms with Crippen LogP contribution in [0.15, 0.2) is 24.3 Å². The average Bonchev–Trinajstić information content (AvgIpc) is 2.43. The van der Waals surface area contributed by atoms with E-state index < -0.39 is 0 Å². The summed E-state index contributed by atoms with van der Waals surface area (Å²) in [6.45, 7) is 6.31. The van der Waals surface area contributed by atoms with E-state index in [2.05, 4.69) is 19.2 Å². The van der Waals surface area contributed by atoms with Crippen molar-refractivity contribution in [3.05, 3.63) is 29.8 Å². The van der Waals surface area contributed by atoms with Gasteiger partial charge in [0.1, 0.15) is 5.75 Å². The lowest BCUT2D eigenvalue weighted by Gasteiger charge is -2.09. The van der Waals surface area contributed by atoms with Gasteiger partial charge in [-0.1, -0.05) is 26.0 Å². The number of hydrogen-bond donors (Lipinski definition) is 2. The third-order valence-electron chi connectivity index (χ3n) is 2.82. The molecule has 21 heavy (non-hydrogen) atoms. The largest absolute Gasteiger partial charge is 0.493 e. The summed E-state index contributed by atoms with van der Waals surface area (Å²) in [6, 6.07) is 7.71. The highest BCUT2D eigenvalue weighted by atomic mass is 35.5. The van der Waals surface area contributed by atoms with Crippen LogP contribution < -0.4 is 15.8 Å². The Kier molecular flexibility index (Phi) is 10.7. The van der Waals surface area contributed by atoms with Crippen LogP contribution in [0.4, 0.5) is 0 Å². The van der Waals surface area contributed by atoms with E-state index in [0.717, 1.165) is 24.2 Å². The molecule has 0 aliphatic carbocycles. The van der Waals surface area contributed by atoms with E-state index in [4.69, 9.17) is 10.5 Å². The molecule has 1 aromatic rings. The SMILES string of the molecule is CC(C)COc1ccc(CC(=O)NCCCCN)cc1.Cl. The molecule has 3 N–H and O–H groups in total. The van der Waals surface area contributed by atoms with E-state index >= 15 is 0 Å². The standard InChI is InChI=1S/C16H26N2O2.ClH/c1-13(2)12-20-15-7-5-14(6-8-15)11-16(19)18-10-4-3-9-17;/h5-8,13H,3-4,9-12,17H2,1-2H3,(H,18,19);1H. The number of hydrogen-bond acceptors (Lipinski definition) is 3. The lowest BCUT2D eigenvalue weighted by atomic mass is 10.1. The number of halogens is 1. The predicted octanol–water partition coefficient (Wildman–Crippen LogP) is 2.54. The summed E-state index contributed by atoms with van der Waals surface area (Å²) in [5.41, 5.74) is 6.40. The molecule has 1 amide bonds. The predicted molar refractivity (Wildman–Crippen MR) is 89.0 cm³/mol. The van der Waals surface area contributed by atoms with E-state index in [1.165, 1.54) is 0 Å². The van der Waals surface area contributed by atoms with Crippen LogP contribution in [0.25, 0.3) is 0 Å². The summed E-state index contributed by atoms with van der Waals surface area (Å²) in [5.74, 6) is 1.41. The Bertz CT molecular complexity index is 394. The van der Waals surface area contributed by atoms with Gasteiger partial charge in [-0.3, -0.25) is 4.79 Å². The molecule has 0 heterocycles. The van der Waals surface area contributed by atoms with Crippen LogP contribution in [0.2, 0.25) is 0 Å². The highest BCUT2D eigenvalue weighted by Gasteiger charge is 2.03. The maximum Gasteiger partial charge on any atom is 0.224 e. The first kappa shape index (κ1) is 19.7. The minimum Gasteiger partial charge on any atom is -0.493 e. The molecule has 0 bridgehead atoms. The highest BCUT2D eigenvalue weighted by Crippen LogP contribution is 2.13. The van der Waals surface area contributed by atoms with Gasteiger partial charge in [0, 0.05) is 6.54 Å². The van der Waals surface area contributed by atoms with E-state index in [1.54, 1.807) is 0 Å². The molecule has 1 aromatic carbocycles. The van der Waals surface area contributed by atoms with Gasteiger partial charge < -0.3 is 15.8 Å². The zero-order valence-electron chi connectivity index (χ0n) is 12.9. The molecule has 0 radical (unpaired) electrons. The maximum atomic E-state index is 11.7. The number of amides is 1. The van der Waals surface area contributed by atoms with Crippen molar-refractivity contribution < 1.29 is 9.53 Å². The van der Waals surface area contributed by atoms with Crippen LogP contribution in [-0.2, 0) is 11.2 Å². The molecule has 0 atom stereocenters. The molecule has 0 aliphatic rings. The van der Waals surface area contributed by atoms with Gasteiger partial charge in [-0.2, -0.15) is 0 Å². The molecular formula is C16H27ClN2O2. The van der Waals surface area contributed by atoms with Gasteiger partial charge in [0.25, 0.3) is 0 Å². The number of benzene rings is 1. The normalized spacial score (nSPS) is 10.1. The Hall–Kier alpha value is -1.26. The van der Waals surface area contributed by atoms with Gasteiger partial charge in [-0.15, -0.1) is 12.4 Å². The number of carbonyl (C=O) groups excluding carboxylic acids is 1. The number of unbranched alkanes of at least 4 members (excludes halogenated alkanes) is 1. The molecular weight excluding hydrogens is 288 g/mol. The van der Waals surface area contributed by atoms with E-state index in [0.29, 0.717) is 32.0 Å². The summed E-state index contributed by atoms with van der Waals surface area (Å²) < 4.78 is 5.61. The fourth-order valence-corrected chi connectivity index (χ4v) is 1.71. The Labute approximate surface area is 133 Å². The number of ether oxygens (including phenoxy) is 1. The Balaban J connectivity index is 0.00000400. The van der Waals surface area contributed by atoms with Crippen LogP contribution in [-0.4, -0.2) is 25.6 Å². The molecule has 0 spiro atoms. The Morgan fingerprint density at radius 2 is 1.90 bits per heavy atom. The second kappa shape index (κ2) is 11.4. The van der Waals surface area contributed by atoms with Gasteiger partial charge >= 0.3 is 0 Å². The number of carbonyl (C=O) groups is 1. The lowest BCUT2D eigenvalue weighted by molar-refractivity contribution is -0.120. The molecule has 0 unspecified atom stereocenters. The van der Waals surface area contributed by atoms with Crippen molar-refractivity contribution in [2.24, 2.45) is 11.7 Å². The quantitative estimate of drug-likeness (QED) is 0.688. The molecule has 0 fully saturated rings. The first-order valence-corrected chi connectivity index (χ1v) is 7.30. The van der Waals surface area contributed by atoms with E-state index in [9.17, 15) is 4.79 Å². The van der Waals surface area contributed by atoms with E-state index in [-0.39, 0.29) is 18.3 Å². The van der Waals surface area contributed by atoms with Crippen molar-refractivity contribution in [3.63, 3.8) is 0 Å². The van der Waals surface area contributed by atoms with Crippen molar-refractivity contribution in [1.29, 1.82) is 0 Å². The van der Waals surface area contributed by atoms with Gasteiger partial charge in [-0.25, -0.2) is 0 Å². The summed E-state index contributed by atoms with van der Waals surface area (Å²) in [6.07, 6.45) is 2.29.